The lowest BCUT2D eigenvalue weighted by Gasteiger charge is -2.13. The number of aliphatic hydroxyl groups excluding tert-OH is 1. The Morgan fingerprint density at radius 3 is 3.00 bits per heavy atom. The second kappa shape index (κ2) is 2.23. The molecule has 0 amide bonds. The van der Waals surface area contributed by atoms with Gasteiger partial charge in [-0.05, 0) is 11.9 Å². The molecule has 0 aromatic heterocycles. The van der Waals surface area contributed by atoms with E-state index in [1.165, 1.54) is 22.7 Å². The van der Waals surface area contributed by atoms with Gasteiger partial charge < -0.3 is 10.4 Å². The minimum absolute atomic E-state index is 0.648. The van der Waals surface area contributed by atoms with Crippen molar-refractivity contribution in [2.24, 2.45) is 5.10 Å². The summed E-state index contributed by atoms with van der Waals surface area (Å²) in [5.74, 6) is 0. The van der Waals surface area contributed by atoms with E-state index < -0.39 is 6.35 Å². The van der Waals surface area contributed by atoms with Gasteiger partial charge in [-0.15, -0.1) is 0 Å². The molecule has 1 aliphatic rings. The Balaban J connectivity index is 2.41. The van der Waals surface area contributed by atoms with Crippen LogP contribution in [0.3, 0.4) is 0 Å². The van der Waals surface area contributed by atoms with Crippen LogP contribution >= 0.6 is 11.9 Å². The van der Waals surface area contributed by atoms with Crippen molar-refractivity contribution >= 4 is 18.3 Å². The van der Waals surface area contributed by atoms with Gasteiger partial charge in [0.2, 0.25) is 6.35 Å². The molecule has 2 N–H and O–H groups in total. The number of nitrogens with zero attached hydrogens (tertiary/aromatic N) is 2. The third-order valence-electron chi connectivity index (χ3n) is 0.791. The first-order valence-electron chi connectivity index (χ1n) is 2.14. The van der Waals surface area contributed by atoms with Crippen LogP contribution in [0.15, 0.2) is 5.10 Å². The highest BCUT2D eigenvalue weighted by Crippen LogP contribution is 2.09. The summed E-state index contributed by atoms with van der Waals surface area (Å²) in [5, 5.41) is 15.2. The molecular formula is C3H7N3OS. The summed E-state index contributed by atoms with van der Waals surface area (Å²) in [5.41, 5.74) is 0. The van der Waals surface area contributed by atoms with Gasteiger partial charge in [-0.3, -0.25) is 0 Å². The van der Waals surface area contributed by atoms with Gasteiger partial charge in [-0.25, -0.2) is 0 Å². The van der Waals surface area contributed by atoms with Crippen molar-refractivity contribution in [2.75, 3.05) is 6.26 Å². The summed E-state index contributed by atoms with van der Waals surface area (Å²) in [4.78, 5) is 0. The average Bonchev–Trinajstić information content (AvgIpc) is 2.14. The molecule has 0 aromatic rings. The Kier molecular flexibility index (Phi) is 1.59. The molecule has 0 fully saturated rings. The molecule has 46 valence electrons. The van der Waals surface area contributed by atoms with E-state index >= 15 is 0 Å². The van der Waals surface area contributed by atoms with Gasteiger partial charge in [-0.1, -0.05) is 0 Å². The molecule has 1 aliphatic heterocycles. The van der Waals surface area contributed by atoms with Crippen molar-refractivity contribution in [2.45, 2.75) is 6.35 Å². The molecule has 0 spiro atoms. The predicted molar refractivity (Wildman–Crippen MR) is 33.0 cm³/mol. The van der Waals surface area contributed by atoms with E-state index in [0.717, 1.165) is 0 Å². The largest absolute Gasteiger partial charge is 0.355 e. The lowest BCUT2D eigenvalue weighted by atomic mass is 11.0. The van der Waals surface area contributed by atoms with Crippen LogP contribution in [0, 0.1) is 0 Å². The molecule has 0 aliphatic carbocycles. The zero-order valence-corrected chi connectivity index (χ0v) is 5.22. The van der Waals surface area contributed by atoms with Gasteiger partial charge in [0.1, 0.15) is 6.34 Å². The molecule has 5 heteroatoms. The maximum atomic E-state index is 8.86. The molecule has 0 aromatic carbocycles. The maximum Gasteiger partial charge on any atom is 0.232 e. The Morgan fingerprint density at radius 1 is 2.00 bits per heavy atom. The number of aliphatic hydroxyl groups is 1. The van der Waals surface area contributed by atoms with E-state index in [9.17, 15) is 0 Å². The summed E-state index contributed by atoms with van der Waals surface area (Å²) < 4.78 is 1.46. The molecular weight excluding hydrogens is 126 g/mol. The third-order valence-corrected chi connectivity index (χ3v) is 1.46. The van der Waals surface area contributed by atoms with Crippen LogP contribution in [0.4, 0.5) is 0 Å². The van der Waals surface area contributed by atoms with Crippen LogP contribution in [-0.2, 0) is 0 Å². The maximum absolute atomic E-state index is 8.86. The summed E-state index contributed by atoms with van der Waals surface area (Å²) in [6.07, 6.45) is 2.65. The summed E-state index contributed by atoms with van der Waals surface area (Å²) >= 11 is 1.36. The second-order valence-electron chi connectivity index (χ2n) is 1.27. The van der Waals surface area contributed by atoms with Gasteiger partial charge in [0.05, 0.1) is 0 Å². The summed E-state index contributed by atoms with van der Waals surface area (Å²) in [6.45, 7) is 0. The van der Waals surface area contributed by atoms with Crippen LogP contribution in [-0.4, -0.2) is 28.5 Å². The Bertz CT molecular complexity index is 107. The van der Waals surface area contributed by atoms with Crippen molar-refractivity contribution in [3.63, 3.8) is 0 Å². The van der Waals surface area contributed by atoms with Gasteiger partial charge >= 0.3 is 0 Å². The van der Waals surface area contributed by atoms with Crippen molar-refractivity contribution in [3.05, 3.63) is 0 Å². The second-order valence-corrected chi connectivity index (χ2v) is 2.01. The fourth-order valence-corrected chi connectivity index (χ4v) is 0.833. The molecule has 0 saturated carbocycles. The predicted octanol–water partition coefficient (Wildman–Crippen LogP) is -0.611. The van der Waals surface area contributed by atoms with E-state index in [0.29, 0.717) is 0 Å². The van der Waals surface area contributed by atoms with Gasteiger partial charge in [0, 0.05) is 6.26 Å². The molecule has 1 heterocycles. The van der Waals surface area contributed by atoms with Crippen molar-refractivity contribution in [1.82, 2.24) is 9.73 Å². The average molecular weight is 133 g/mol. The topological polar surface area (TPSA) is 47.9 Å². The van der Waals surface area contributed by atoms with E-state index in [2.05, 4.69) is 10.4 Å². The highest BCUT2D eigenvalue weighted by molar-refractivity contribution is 7.96. The van der Waals surface area contributed by atoms with Crippen LogP contribution in [0.1, 0.15) is 0 Å². The number of rotatable bonds is 1. The van der Waals surface area contributed by atoms with Crippen molar-refractivity contribution in [3.8, 4) is 0 Å². The quantitative estimate of drug-likeness (QED) is 0.468. The molecule has 1 unspecified atom stereocenters. The lowest BCUT2D eigenvalue weighted by molar-refractivity contribution is 0.0753. The highest BCUT2D eigenvalue weighted by atomic mass is 32.2. The van der Waals surface area contributed by atoms with Crippen molar-refractivity contribution < 1.29 is 5.11 Å². The molecule has 8 heavy (non-hydrogen) atoms. The first-order valence-corrected chi connectivity index (χ1v) is 3.32. The first kappa shape index (κ1) is 5.71. The van der Waals surface area contributed by atoms with Crippen molar-refractivity contribution in [1.29, 1.82) is 0 Å². The summed E-state index contributed by atoms with van der Waals surface area (Å²) in [6, 6.07) is 0. The fourth-order valence-electron chi connectivity index (χ4n) is 0.431. The third kappa shape index (κ3) is 0.873. The van der Waals surface area contributed by atoms with E-state index in [1.54, 1.807) is 0 Å². The molecule has 1 atom stereocenters. The van der Waals surface area contributed by atoms with Crippen LogP contribution < -0.4 is 5.32 Å². The molecule has 0 radical (unpaired) electrons. The monoisotopic (exact) mass is 133 g/mol. The molecule has 1 rings (SSSR count). The van der Waals surface area contributed by atoms with E-state index in [4.69, 9.17) is 5.11 Å². The van der Waals surface area contributed by atoms with Gasteiger partial charge in [0.15, 0.2) is 0 Å². The molecule has 4 nitrogen and oxygen atoms in total. The highest BCUT2D eigenvalue weighted by Gasteiger charge is 2.13. The Hall–Kier alpha value is -0.420. The SMILES string of the molecule is CSN1N=CNC1O. The Morgan fingerprint density at radius 2 is 2.75 bits per heavy atom. The number of hydrazone groups is 1. The zero-order valence-electron chi connectivity index (χ0n) is 4.40. The number of nitrogens with one attached hydrogen (secondary N) is 1. The smallest absolute Gasteiger partial charge is 0.232 e. The van der Waals surface area contributed by atoms with Crippen LogP contribution in [0.5, 0.6) is 0 Å². The van der Waals surface area contributed by atoms with Crippen LogP contribution in [0.25, 0.3) is 0 Å². The van der Waals surface area contributed by atoms with E-state index in [-0.39, 0.29) is 0 Å². The standard InChI is InChI=1S/C3H7N3OS/c1-8-6-3(7)4-2-5-6/h2-3,7H,1H3,(H,4,5). The number of hydrogen-bond donors (Lipinski definition) is 2. The first-order chi connectivity index (χ1) is 3.84. The lowest BCUT2D eigenvalue weighted by Crippen LogP contribution is -2.30. The fraction of sp³-hybridized carbons (Fsp3) is 0.667. The van der Waals surface area contributed by atoms with E-state index in [1.807, 2.05) is 6.26 Å². The number of hydrogen-bond acceptors (Lipinski definition) is 5. The Labute approximate surface area is 51.7 Å². The normalized spacial score (nSPS) is 26.2. The van der Waals surface area contributed by atoms with Gasteiger partial charge in [-0.2, -0.15) is 9.52 Å². The molecule has 0 bridgehead atoms. The van der Waals surface area contributed by atoms with Crippen LogP contribution in [0.2, 0.25) is 0 Å². The zero-order chi connectivity index (χ0) is 5.98. The van der Waals surface area contributed by atoms with Gasteiger partial charge in [0.25, 0.3) is 0 Å². The summed E-state index contributed by atoms with van der Waals surface area (Å²) in [7, 11) is 0. The minimum Gasteiger partial charge on any atom is -0.355 e. The molecule has 0 saturated heterocycles. The minimum atomic E-state index is -0.648.